The maximum atomic E-state index is 5.60. The Morgan fingerprint density at radius 1 is 1.42 bits per heavy atom. The number of hydrogen-bond acceptors (Lipinski definition) is 4. The molecule has 0 spiro atoms. The number of rotatable bonds is 2. The van der Waals surface area contributed by atoms with E-state index in [1.807, 2.05) is 37.1 Å². The van der Waals surface area contributed by atoms with Crippen molar-refractivity contribution in [2.75, 3.05) is 0 Å². The minimum absolute atomic E-state index is 0.0789. The van der Waals surface area contributed by atoms with Gasteiger partial charge in [-0.1, -0.05) is 0 Å². The van der Waals surface area contributed by atoms with Gasteiger partial charge in [-0.15, -0.1) is 0 Å². The molecule has 3 heterocycles. The van der Waals surface area contributed by atoms with Crippen LogP contribution in [-0.4, -0.2) is 24.3 Å². The Hall–Kier alpha value is -1.89. The second-order valence-electron chi connectivity index (χ2n) is 4.69. The average molecular weight is 277 g/mol. The largest absolute Gasteiger partial charge is 0.444 e. The average Bonchev–Trinajstić information content (AvgIpc) is 2.97. The summed E-state index contributed by atoms with van der Waals surface area (Å²) in [5.74, 6) is 1.44. The van der Waals surface area contributed by atoms with Crippen molar-refractivity contribution < 1.29 is 4.42 Å². The van der Waals surface area contributed by atoms with Gasteiger partial charge in [-0.25, -0.2) is 4.98 Å². The van der Waals surface area contributed by atoms with E-state index in [2.05, 4.69) is 15.1 Å². The molecular formula is C12H15N5OS. The number of aromatic amines is 1. The fourth-order valence-corrected chi connectivity index (χ4v) is 2.71. The summed E-state index contributed by atoms with van der Waals surface area (Å²) < 4.78 is 10.1. The number of nitrogens with one attached hydrogen (secondary N) is 1. The molecular weight excluding hydrogens is 262 g/mol. The molecule has 0 saturated heterocycles. The van der Waals surface area contributed by atoms with Crippen LogP contribution in [-0.2, 0) is 7.05 Å². The van der Waals surface area contributed by atoms with E-state index in [9.17, 15) is 0 Å². The lowest BCUT2D eigenvalue weighted by molar-refractivity contribution is 0.415. The first-order valence-electron chi connectivity index (χ1n) is 6.05. The molecule has 3 aromatic heterocycles. The molecule has 0 aliphatic rings. The van der Waals surface area contributed by atoms with Gasteiger partial charge >= 0.3 is 0 Å². The smallest absolute Gasteiger partial charge is 0.217 e. The van der Waals surface area contributed by atoms with E-state index in [0.29, 0.717) is 10.7 Å². The predicted octanol–water partition coefficient (Wildman–Crippen LogP) is 2.65. The van der Waals surface area contributed by atoms with Crippen LogP contribution in [0.4, 0.5) is 0 Å². The van der Waals surface area contributed by atoms with Crippen molar-refractivity contribution in [3.8, 4) is 0 Å². The highest BCUT2D eigenvalue weighted by atomic mass is 32.1. The maximum absolute atomic E-state index is 5.60. The van der Waals surface area contributed by atoms with E-state index in [1.54, 1.807) is 6.20 Å². The standard InChI is InChI=1S/C12H15N5OS/c1-6-5-13-10(18-6)8(3)17-11-9(14-12(17)19)7(2)15-16(11)4/h5,8H,1-4H3,(H,14,19). The topological polar surface area (TPSA) is 64.6 Å². The van der Waals surface area contributed by atoms with Crippen molar-refractivity contribution in [2.45, 2.75) is 26.8 Å². The number of nitrogens with zero attached hydrogens (tertiary/aromatic N) is 4. The van der Waals surface area contributed by atoms with Crippen molar-refractivity contribution in [2.24, 2.45) is 7.05 Å². The molecule has 1 atom stereocenters. The SMILES string of the molecule is Cc1cnc(C(C)n2c(=S)[nH]c3c(C)nn(C)c32)o1. The third-order valence-corrected chi connectivity index (χ3v) is 3.55. The van der Waals surface area contributed by atoms with E-state index in [1.165, 1.54) is 0 Å². The molecule has 0 saturated carbocycles. The zero-order valence-electron chi connectivity index (χ0n) is 11.3. The molecule has 0 radical (unpaired) electrons. The lowest BCUT2D eigenvalue weighted by Gasteiger charge is -2.10. The van der Waals surface area contributed by atoms with Crippen molar-refractivity contribution >= 4 is 23.4 Å². The number of aromatic nitrogens is 5. The number of imidazole rings is 1. The van der Waals surface area contributed by atoms with Gasteiger partial charge in [0.1, 0.15) is 17.3 Å². The van der Waals surface area contributed by atoms with E-state index in [-0.39, 0.29) is 6.04 Å². The van der Waals surface area contributed by atoms with Gasteiger partial charge in [0.2, 0.25) is 5.89 Å². The Morgan fingerprint density at radius 3 is 2.79 bits per heavy atom. The maximum Gasteiger partial charge on any atom is 0.217 e. The summed E-state index contributed by atoms with van der Waals surface area (Å²) >= 11 is 5.41. The monoisotopic (exact) mass is 277 g/mol. The van der Waals surface area contributed by atoms with Gasteiger partial charge < -0.3 is 9.40 Å². The summed E-state index contributed by atoms with van der Waals surface area (Å²) in [4.78, 5) is 7.48. The van der Waals surface area contributed by atoms with Crippen LogP contribution in [0.25, 0.3) is 11.2 Å². The van der Waals surface area contributed by atoms with Crippen LogP contribution >= 0.6 is 12.2 Å². The Morgan fingerprint density at radius 2 is 2.16 bits per heavy atom. The molecule has 0 amide bonds. The van der Waals surface area contributed by atoms with Gasteiger partial charge in [-0.05, 0) is 33.0 Å². The molecule has 19 heavy (non-hydrogen) atoms. The van der Waals surface area contributed by atoms with Gasteiger partial charge in [0.15, 0.2) is 10.4 Å². The highest BCUT2D eigenvalue weighted by molar-refractivity contribution is 7.71. The van der Waals surface area contributed by atoms with Crippen LogP contribution in [0.1, 0.15) is 30.3 Å². The molecule has 3 aromatic rings. The molecule has 1 N–H and O–H groups in total. The summed E-state index contributed by atoms with van der Waals surface area (Å²) in [6.07, 6.45) is 1.72. The molecule has 0 fully saturated rings. The summed E-state index contributed by atoms with van der Waals surface area (Å²) in [6.45, 7) is 5.85. The first-order chi connectivity index (χ1) is 8.99. The number of hydrogen-bond donors (Lipinski definition) is 1. The normalized spacial score (nSPS) is 13.3. The zero-order chi connectivity index (χ0) is 13.7. The fourth-order valence-electron chi connectivity index (χ4n) is 2.37. The van der Waals surface area contributed by atoms with Gasteiger partial charge in [-0.2, -0.15) is 5.10 Å². The first-order valence-corrected chi connectivity index (χ1v) is 6.46. The molecule has 0 aliphatic carbocycles. The van der Waals surface area contributed by atoms with Gasteiger partial charge in [0.25, 0.3) is 0 Å². The molecule has 100 valence electrons. The third kappa shape index (κ3) is 1.73. The number of fused-ring (bicyclic) bond motifs is 1. The predicted molar refractivity (Wildman–Crippen MR) is 73.7 cm³/mol. The second-order valence-corrected chi connectivity index (χ2v) is 5.08. The third-order valence-electron chi connectivity index (χ3n) is 3.25. The summed E-state index contributed by atoms with van der Waals surface area (Å²) in [6, 6.07) is -0.0789. The van der Waals surface area contributed by atoms with Crippen molar-refractivity contribution in [3.63, 3.8) is 0 Å². The summed E-state index contributed by atoms with van der Waals surface area (Å²) in [7, 11) is 1.90. The van der Waals surface area contributed by atoms with Crippen LogP contribution in [0.3, 0.4) is 0 Å². The molecule has 3 rings (SSSR count). The van der Waals surface area contributed by atoms with E-state index in [4.69, 9.17) is 16.6 Å². The highest BCUT2D eigenvalue weighted by Gasteiger charge is 2.20. The molecule has 7 heteroatoms. The van der Waals surface area contributed by atoms with Crippen LogP contribution in [0, 0.1) is 18.6 Å². The zero-order valence-corrected chi connectivity index (χ0v) is 12.1. The van der Waals surface area contributed by atoms with Crippen LogP contribution in [0.15, 0.2) is 10.6 Å². The van der Waals surface area contributed by atoms with Crippen LogP contribution in [0.5, 0.6) is 0 Å². The van der Waals surface area contributed by atoms with Crippen molar-refractivity contribution in [3.05, 3.63) is 28.3 Å². The van der Waals surface area contributed by atoms with Crippen LogP contribution < -0.4 is 0 Å². The lowest BCUT2D eigenvalue weighted by atomic mass is 10.3. The minimum Gasteiger partial charge on any atom is -0.444 e. The highest BCUT2D eigenvalue weighted by Crippen LogP contribution is 2.25. The summed E-state index contributed by atoms with van der Waals surface area (Å²) in [5.41, 5.74) is 2.84. The fraction of sp³-hybridized carbons (Fsp3) is 0.417. The molecule has 0 aliphatic heterocycles. The molecule has 6 nitrogen and oxygen atoms in total. The Labute approximate surface area is 115 Å². The van der Waals surface area contributed by atoms with E-state index < -0.39 is 0 Å². The molecule has 0 bridgehead atoms. The lowest BCUT2D eigenvalue weighted by Crippen LogP contribution is -2.10. The van der Waals surface area contributed by atoms with Gasteiger partial charge in [0.05, 0.1) is 11.9 Å². The van der Waals surface area contributed by atoms with E-state index in [0.717, 1.165) is 22.6 Å². The second kappa shape index (κ2) is 4.06. The quantitative estimate of drug-likeness (QED) is 0.731. The summed E-state index contributed by atoms with van der Waals surface area (Å²) in [5, 5.41) is 4.40. The van der Waals surface area contributed by atoms with Crippen molar-refractivity contribution in [1.29, 1.82) is 0 Å². The van der Waals surface area contributed by atoms with Gasteiger partial charge in [0, 0.05) is 7.05 Å². The van der Waals surface area contributed by atoms with E-state index >= 15 is 0 Å². The number of H-pyrrole nitrogens is 1. The Bertz CT molecular complexity index is 806. The molecule has 1 unspecified atom stereocenters. The van der Waals surface area contributed by atoms with Crippen LogP contribution in [0.2, 0.25) is 0 Å². The number of aryl methyl sites for hydroxylation is 3. The number of oxazole rings is 1. The van der Waals surface area contributed by atoms with Gasteiger partial charge in [-0.3, -0.25) is 9.25 Å². The van der Waals surface area contributed by atoms with Crippen molar-refractivity contribution in [1.82, 2.24) is 24.3 Å². The minimum atomic E-state index is -0.0789. The Balaban J connectivity index is 2.25. The first kappa shape index (κ1) is 12.2. The Kier molecular flexibility index (Phi) is 2.60. The molecule has 0 aromatic carbocycles.